The van der Waals surface area contributed by atoms with Crippen LogP contribution in [0.25, 0.3) is 6.08 Å². The topological polar surface area (TPSA) is 50.4 Å². The van der Waals surface area contributed by atoms with Gasteiger partial charge in [0.1, 0.15) is 5.75 Å². The Kier molecular flexibility index (Phi) is 6.02. The second-order valence-corrected chi connectivity index (χ2v) is 4.63. The van der Waals surface area contributed by atoms with Gasteiger partial charge in [0.05, 0.1) is 7.11 Å². The van der Waals surface area contributed by atoms with Gasteiger partial charge in [-0.2, -0.15) is 0 Å². The molecule has 102 valence electrons. The molecule has 1 amide bonds. The largest absolute Gasteiger partial charge is 0.497 e. The fraction of sp³-hybridized carbons (Fsp3) is 0.286. The molecule has 0 saturated heterocycles. The van der Waals surface area contributed by atoms with E-state index in [4.69, 9.17) is 17.0 Å². The zero-order valence-corrected chi connectivity index (χ0v) is 12.1. The predicted octanol–water partition coefficient (Wildman–Crippen LogP) is 2.11. The van der Waals surface area contributed by atoms with Gasteiger partial charge in [-0.3, -0.25) is 10.1 Å². The molecule has 2 N–H and O–H groups in total. The Labute approximate surface area is 118 Å². The van der Waals surface area contributed by atoms with E-state index < -0.39 is 0 Å². The van der Waals surface area contributed by atoms with Crippen molar-refractivity contribution in [2.24, 2.45) is 0 Å². The van der Waals surface area contributed by atoms with E-state index in [9.17, 15) is 4.79 Å². The SMILES string of the molecule is COc1ccc(/C=C/C(=O)NC(=S)NC(C)C)cc1. The number of methoxy groups -OCH3 is 1. The summed E-state index contributed by atoms with van der Waals surface area (Å²) in [6, 6.07) is 7.60. The third-order valence-electron chi connectivity index (χ3n) is 2.20. The number of hydrogen-bond acceptors (Lipinski definition) is 3. The second kappa shape index (κ2) is 7.53. The molecular formula is C14H18N2O2S. The smallest absolute Gasteiger partial charge is 0.250 e. The first kappa shape index (κ1) is 15.2. The summed E-state index contributed by atoms with van der Waals surface area (Å²) in [6.45, 7) is 3.90. The van der Waals surface area contributed by atoms with E-state index in [0.29, 0.717) is 5.11 Å². The van der Waals surface area contributed by atoms with Crippen LogP contribution in [0.4, 0.5) is 0 Å². The van der Waals surface area contributed by atoms with Crippen LogP contribution in [0.2, 0.25) is 0 Å². The molecule has 0 aliphatic heterocycles. The second-order valence-electron chi connectivity index (χ2n) is 4.22. The van der Waals surface area contributed by atoms with E-state index in [1.165, 1.54) is 6.08 Å². The Morgan fingerprint density at radius 3 is 2.47 bits per heavy atom. The summed E-state index contributed by atoms with van der Waals surface area (Å²) < 4.78 is 5.06. The molecule has 19 heavy (non-hydrogen) atoms. The normalized spacial score (nSPS) is 10.5. The molecule has 0 radical (unpaired) electrons. The zero-order valence-electron chi connectivity index (χ0n) is 11.3. The van der Waals surface area contributed by atoms with E-state index in [1.807, 2.05) is 38.1 Å². The molecule has 4 nitrogen and oxygen atoms in total. The summed E-state index contributed by atoms with van der Waals surface area (Å²) in [7, 11) is 1.61. The highest BCUT2D eigenvalue weighted by Crippen LogP contribution is 2.12. The minimum absolute atomic E-state index is 0.193. The van der Waals surface area contributed by atoms with Crippen molar-refractivity contribution >= 4 is 29.3 Å². The molecule has 5 heteroatoms. The lowest BCUT2D eigenvalue weighted by atomic mass is 10.2. The van der Waals surface area contributed by atoms with E-state index in [-0.39, 0.29) is 11.9 Å². The molecule has 0 atom stereocenters. The average Bonchev–Trinajstić information content (AvgIpc) is 2.36. The van der Waals surface area contributed by atoms with Crippen LogP contribution < -0.4 is 15.4 Å². The first-order valence-corrected chi connectivity index (χ1v) is 6.35. The molecule has 0 saturated carbocycles. The maximum atomic E-state index is 11.6. The highest BCUT2D eigenvalue weighted by molar-refractivity contribution is 7.80. The average molecular weight is 278 g/mol. The Hall–Kier alpha value is -1.88. The zero-order chi connectivity index (χ0) is 14.3. The van der Waals surface area contributed by atoms with E-state index in [0.717, 1.165) is 11.3 Å². The Morgan fingerprint density at radius 1 is 1.32 bits per heavy atom. The molecule has 0 aliphatic carbocycles. The highest BCUT2D eigenvalue weighted by atomic mass is 32.1. The summed E-state index contributed by atoms with van der Waals surface area (Å²) in [5, 5.41) is 5.84. The number of thiocarbonyl (C=S) groups is 1. The van der Waals surface area contributed by atoms with Crippen LogP contribution in [0.5, 0.6) is 5.75 Å². The van der Waals surface area contributed by atoms with Crippen LogP contribution in [0.15, 0.2) is 30.3 Å². The summed E-state index contributed by atoms with van der Waals surface area (Å²) in [4.78, 5) is 11.6. The number of benzene rings is 1. The van der Waals surface area contributed by atoms with Gasteiger partial charge in [-0.15, -0.1) is 0 Å². The number of ether oxygens (including phenoxy) is 1. The number of nitrogens with one attached hydrogen (secondary N) is 2. The first-order chi connectivity index (χ1) is 9.01. The van der Waals surface area contributed by atoms with Crippen LogP contribution in [0, 0.1) is 0 Å². The summed E-state index contributed by atoms with van der Waals surface area (Å²) in [5.41, 5.74) is 0.915. The number of rotatable bonds is 4. The molecule has 0 bridgehead atoms. The minimum atomic E-state index is -0.256. The van der Waals surface area contributed by atoms with Crippen molar-refractivity contribution in [3.63, 3.8) is 0 Å². The van der Waals surface area contributed by atoms with Gasteiger partial charge in [0.25, 0.3) is 0 Å². The maximum absolute atomic E-state index is 11.6. The van der Waals surface area contributed by atoms with Crippen molar-refractivity contribution < 1.29 is 9.53 Å². The van der Waals surface area contributed by atoms with Gasteiger partial charge in [0.15, 0.2) is 5.11 Å². The van der Waals surface area contributed by atoms with Gasteiger partial charge in [0.2, 0.25) is 5.91 Å². The molecule has 0 unspecified atom stereocenters. The summed E-state index contributed by atoms with van der Waals surface area (Å²) in [5.74, 6) is 0.526. The molecule has 1 aromatic rings. The van der Waals surface area contributed by atoms with Gasteiger partial charge < -0.3 is 10.1 Å². The Morgan fingerprint density at radius 2 is 1.95 bits per heavy atom. The number of hydrogen-bond donors (Lipinski definition) is 2. The standard InChI is InChI=1S/C14H18N2O2S/c1-10(2)15-14(19)16-13(17)9-6-11-4-7-12(18-3)8-5-11/h4-10H,1-3H3,(H2,15,16,17,19)/b9-6+. The third-order valence-corrected chi connectivity index (χ3v) is 2.42. The molecule has 0 aromatic heterocycles. The van der Waals surface area contributed by atoms with Crippen LogP contribution >= 0.6 is 12.2 Å². The van der Waals surface area contributed by atoms with Crippen molar-refractivity contribution in [1.82, 2.24) is 10.6 Å². The first-order valence-electron chi connectivity index (χ1n) is 5.95. The van der Waals surface area contributed by atoms with Crippen LogP contribution in [0.3, 0.4) is 0 Å². The van der Waals surface area contributed by atoms with Gasteiger partial charge in [-0.05, 0) is 49.8 Å². The van der Waals surface area contributed by atoms with Crippen molar-refractivity contribution in [3.8, 4) is 5.75 Å². The van der Waals surface area contributed by atoms with E-state index in [1.54, 1.807) is 13.2 Å². The van der Waals surface area contributed by atoms with Crippen molar-refractivity contribution in [3.05, 3.63) is 35.9 Å². The number of carbonyl (C=O) groups excluding carboxylic acids is 1. The molecule has 0 spiro atoms. The minimum Gasteiger partial charge on any atom is -0.497 e. The molecular weight excluding hydrogens is 260 g/mol. The van der Waals surface area contributed by atoms with Gasteiger partial charge in [-0.25, -0.2) is 0 Å². The van der Waals surface area contributed by atoms with E-state index >= 15 is 0 Å². The van der Waals surface area contributed by atoms with Crippen molar-refractivity contribution in [1.29, 1.82) is 0 Å². The lowest BCUT2D eigenvalue weighted by Crippen LogP contribution is -2.41. The van der Waals surface area contributed by atoms with Gasteiger partial charge in [-0.1, -0.05) is 12.1 Å². The monoisotopic (exact) mass is 278 g/mol. The molecule has 0 heterocycles. The molecule has 1 aromatic carbocycles. The fourth-order valence-corrected chi connectivity index (χ4v) is 1.68. The third kappa shape index (κ3) is 6.01. The summed E-state index contributed by atoms with van der Waals surface area (Å²) in [6.07, 6.45) is 3.16. The van der Waals surface area contributed by atoms with Gasteiger partial charge >= 0.3 is 0 Å². The molecule has 1 rings (SSSR count). The number of amides is 1. The predicted molar refractivity (Wildman–Crippen MR) is 81.0 cm³/mol. The van der Waals surface area contributed by atoms with Crippen molar-refractivity contribution in [2.75, 3.05) is 7.11 Å². The lowest BCUT2D eigenvalue weighted by Gasteiger charge is -2.10. The molecule has 0 aliphatic rings. The van der Waals surface area contributed by atoms with Crippen molar-refractivity contribution in [2.45, 2.75) is 19.9 Å². The van der Waals surface area contributed by atoms with Crippen LogP contribution in [0.1, 0.15) is 19.4 Å². The highest BCUT2D eigenvalue weighted by Gasteiger charge is 2.01. The maximum Gasteiger partial charge on any atom is 0.250 e. The number of carbonyl (C=O) groups is 1. The lowest BCUT2D eigenvalue weighted by molar-refractivity contribution is -0.115. The van der Waals surface area contributed by atoms with Gasteiger partial charge in [0, 0.05) is 12.1 Å². The fourth-order valence-electron chi connectivity index (χ4n) is 1.34. The summed E-state index contributed by atoms with van der Waals surface area (Å²) >= 11 is 4.98. The van der Waals surface area contributed by atoms with Crippen LogP contribution in [-0.4, -0.2) is 24.2 Å². The van der Waals surface area contributed by atoms with Crippen LogP contribution in [-0.2, 0) is 4.79 Å². The molecule has 0 fully saturated rings. The quantitative estimate of drug-likeness (QED) is 0.654. The Bertz CT molecular complexity index is 467. The van der Waals surface area contributed by atoms with E-state index in [2.05, 4.69) is 10.6 Å². The Balaban J connectivity index is 2.51.